The van der Waals surface area contributed by atoms with Gasteiger partial charge in [0.05, 0.1) is 5.56 Å². The Labute approximate surface area is 120 Å². The molecule has 0 bridgehead atoms. The molecule has 104 valence electrons. The van der Waals surface area contributed by atoms with E-state index in [1.54, 1.807) is 6.07 Å². The first-order valence-corrected chi connectivity index (χ1v) is 7.11. The lowest BCUT2D eigenvalue weighted by atomic mass is 9.74. The van der Waals surface area contributed by atoms with E-state index in [0.717, 1.165) is 18.4 Å². The molecule has 0 radical (unpaired) electrons. The molecule has 0 saturated carbocycles. The lowest BCUT2D eigenvalue weighted by molar-refractivity contribution is -0.0387. The van der Waals surface area contributed by atoms with Crippen molar-refractivity contribution in [2.24, 2.45) is 11.8 Å². The van der Waals surface area contributed by atoms with Crippen LogP contribution in [0.2, 0.25) is 0 Å². The van der Waals surface area contributed by atoms with E-state index in [-0.39, 0.29) is 5.60 Å². The van der Waals surface area contributed by atoms with Crippen molar-refractivity contribution >= 4 is 0 Å². The molecule has 0 saturated heterocycles. The Kier molecular flexibility index (Phi) is 3.73. The van der Waals surface area contributed by atoms with Crippen molar-refractivity contribution in [3.63, 3.8) is 0 Å². The van der Waals surface area contributed by atoms with Crippen LogP contribution in [0.5, 0.6) is 5.75 Å². The minimum atomic E-state index is -0.257. The molecule has 0 spiro atoms. The highest BCUT2D eigenvalue weighted by molar-refractivity contribution is 5.58. The molecule has 0 aromatic heterocycles. The van der Waals surface area contributed by atoms with Crippen LogP contribution in [0.3, 0.4) is 0 Å². The second kappa shape index (κ2) is 5.17. The molecule has 0 aliphatic carbocycles. The molecule has 3 nitrogen and oxygen atoms in total. The lowest BCUT2D eigenvalue weighted by Gasteiger charge is -2.45. The molecule has 2 rings (SSSR count). The first-order chi connectivity index (χ1) is 9.46. The average molecular weight is 268 g/mol. The Morgan fingerprint density at radius 1 is 1.10 bits per heavy atom. The smallest absolute Gasteiger partial charge is 0.142 e. The number of nitriles is 2. The van der Waals surface area contributed by atoms with E-state index in [1.165, 1.54) is 0 Å². The molecule has 0 unspecified atom stereocenters. The van der Waals surface area contributed by atoms with E-state index in [1.807, 2.05) is 6.07 Å². The van der Waals surface area contributed by atoms with E-state index in [0.29, 0.717) is 28.7 Å². The second-order valence-electron chi connectivity index (χ2n) is 6.07. The molecular formula is C17H20N2O. The van der Waals surface area contributed by atoms with Crippen molar-refractivity contribution in [3.8, 4) is 17.9 Å². The molecule has 1 aromatic carbocycles. The van der Waals surface area contributed by atoms with Crippen LogP contribution in [0.1, 0.15) is 50.8 Å². The molecule has 1 aliphatic heterocycles. The standard InChI is InChI=1S/C17H20N2O/c1-11(2)17(12(3)4)8-7-13-5-6-14(9-18)15(10-19)16(13)20-17/h5-6,11-12H,7-8H2,1-4H3. The molecule has 0 fully saturated rings. The molecule has 1 aliphatic rings. The topological polar surface area (TPSA) is 56.8 Å². The lowest BCUT2D eigenvalue weighted by Crippen LogP contribution is -2.49. The van der Waals surface area contributed by atoms with Gasteiger partial charge in [-0.3, -0.25) is 0 Å². The highest BCUT2D eigenvalue weighted by Crippen LogP contribution is 2.43. The van der Waals surface area contributed by atoms with Gasteiger partial charge in [0.25, 0.3) is 0 Å². The van der Waals surface area contributed by atoms with Crippen molar-refractivity contribution in [2.75, 3.05) is 0 Å². The molecule has 20 heavy (non-hydrogen) atoms. The van der Waals surface area contributed by atoms with Crippen LogP contribution < -0.4 is 4.74 Å². The van der Waals surface area contributed by atoms with Gasteiger partial charge in [-0.2, -0.15) is 10.5 Å². The Bertz CT molecular complexity index is 595. The van der Waals surface area contributed by atoms with Gasteiger partial charge in [0.15, 0.2) is 0 Å². The zero-order chi connectivity index (χ0) is 14.9. The molecule has 0 N–H and O–H groups in total. The Morgan fingerprint density at radius 2 is 1.75 bits per heavy atom. The van der Waals surface area contributed by atoms with Gasteiger partial charge in [-0.1, -0.05) is 33.8 Å². The number of ether oxygens (including phenoxy) is 1. The number of nitrogens with zero attached hydrogens (tertiary/aromatic N) is 2. The summed E-state index contributed by atoms with van der Waals surface area (Å²) >= 11 is 0. The molecule has 1 heterocycles. The predicted octanol–water partition coefficient (Wildman–Crippen LogP) is 3.81. The SMILES string of the molecule is CC(C)C1(C(C)C)CCc2ccc(C#N)c(C#N)c2O1. The van der Waals surface area contributed by atoms with Crippen molar-refractivity contribution in [1.29, 1.82) is 10.5 Å². The molecular weight excluding hydrogens is 248 g/mol. The monoisotopic (exact) mass is 268 g/mol. The van der Waals surface area contributed by atoms with Crippen molar-refractivity contribution < 1.29 is 4.74 Å². The molecule has 0 atom stereocenters. The Hall–Kier alpha value is -2.00. The van der Waals surface area contributed by atoms with Gasteiger partial charge in [-0.05, 0) is 36.3 Å². The Morgan fingerprint density at radius 3 is 2.25 bits per heavy atom. The summed E-state index contributed by atoms with van der Waals surface area (Å²) in [5, 5.41) is 18.5. The normalized spacial score (nSPS) is 16.2. The third-order valence-electron chi connectivity index (χ3n) is 4.50. The molecule has 3 heteroatoms. The number of benzene rings is 1. The van der Waals surface area contributed by atoms with Crippen molar-refractivity contribution in [3.05, 3.63) is 28.8 Å². The number of aryl methyl sites for hydroxylation is 1. The minimum Gasteiger partial charge on any atom is -0.485 e. The second-order valence-corrected chi connectivity index (χ2v) is 6.07. The third kappa shape index (κ3) is 2.04. The van der Waals surface area contributed by atoms with Crippen LogP contribution in [0.25, 0.3) is 0 Å². The van der Waals surface area contributed by atoms with Crippen molar-refractivity contribution in [1.82, 2.24) is 0 Å². The minimum absolute atomic E-state index is 0.257. The van der Waals surface area contributed by atoms with Gasteiger partial charge in [-0.25, -0.2) is 0 Å². The maximum absolute atomic E-state index is 9.37. The van der Waals surface area contributed by atoms with Crippen LogP contribution >= 0.6 is 0 Å². The van der Waals surface area contributed by atoms with Crippen LogP contribution in [0, 0.1) is 34.5 Å². The van der Waals surface area contributed by atoms with E-state index in [4.69, 9.17) is 10.00 Å². The third-order valence-corrected chi connectivity index (χ3v) is 4.50. The van der Waals surface area contributed by atoms with Gasteiger partial charge in [0, 0.05) is 0 Å². The van der Waals surface area contributed by atoms with E-state index < -0.39 is 0 Å². The number of hydrogen-bond donors (Lipinski definition) is 0. The average Bonchev–Trinajstić information content (AvgIpc) is 2.44. The fourth-order valence-electron chi connectivity index (χ4n) is 3.19. The fraction of sp³-hybridized carbons (Fsp3) is 0.529. The highest BCUT2D eigenvalue weighted by atomic mass is 16.5. The van der Waals surface area contributed by atoms with Crippen LogP contribution in [-0.4, -0.2) is 5.60 Å². The summed E-state index contributed by atoms with van der Waals surface area (Å²) in [5.74, 6) is 1.33. The first kappa shape index (κ1) is 14.4. The van der Waals surface area contributed by atoms with Gasteiger partial charge in [-0.15, -0.1) is 0 Å². The summed E-state index contributed by atoms with van der Waals surface area (Å²) in [5.41, 5.74) is 1.56. The Balaban J connectivity index is 2.58. The zero-order valence-electron chi connectivity index (χ0n) is 12.5. The van der Waals surface area contributed by atoms with E-state index in [9.17, 15) is 5.26 Å². The fourth-order valence-corrected chi connectivity index (χ4v) is 3.19. The summed E-state index contributed by atoms with van der Waals surface area (Å²) in [6.45, 7) is 8.63. The summed E-state index contributed by atoms with van der Waals surface area (Å²) < 4.78 is 6.33. The maximum Gasteiger partial charge on any atom is 0.142 e. The van der Waals surface area contributed by atoms with Crippen LogP contribution in [-0.2, 0) is 6.42 Å². The van der Waals surface area contributed by atoms with Gasteiger partial charge in [0.1, 0.15) is 29.1 Å². The van der Waals surface area contributed by atoms with Crippen LogP contribution in [0.4, 0.5) is 0 Å². The highest BCUT2D eigenvalue weighted by Gasteiger charge is 2.43. The number of fused-ring (bicyclic) bond motifs is 1. The van der Waals surface area contributed by atoms with Gasteiger partial charge < -0.3 is 4.74 Å². The van der Waals surface area contributed by atoms with E-state index >= 15 is 0 Å². The molecule has 1 aromatic rings. The number of rotatable bonds is 2. The predicted molar refractivity (Wildman–Crippen MR) is 77.2 cm³/mol. The number of hydrogen-bond acceptors (Lipinski definition) is 3. The summed E-state index contributed by atoms with van der Waals surface area (Å²) in [6.07, 6.45) is 1.85. The first-order valence-electron chi connectivity index (χ1n) is 7.11. The largest absolute Gasteiger partial charge is 0.485 e. The summed E-state index contributed by atoms with van der Waals surface area (Å²) in [6, 6.07) is 7.86. The molecule has 0 amide bonds. The quantitative estimate of drug-likeness (QED) is 0.819. The maximum atomic E-state index is 9.37. The van der Waals surface area contributed by atoms with Crippen LogP contribution in [0.15, 0.2) is 12.1 Å². The summed E-state index contributed by atoms with van der Waals surface area (Å²) in [4.78, 5) is 0. The van der Waals surface area contributed by atoms with Crippen molar-refractivity contribution in [2.45, 2.75) is 46.1 Å². The summed E-state index contributed by atoms with van der Waals surface area (Å²) in [7, 11) is 0. The van der Waals surface area contributed by atoms with Gasteiger partial charge in [0.2, 0.25) is 0 Å². The zero-order valence-corrected chi connectivity index (χ0v) is 12.5. The van der Waals surface area contributed by atoms with E-state index in [2.05, 4.69) is 39.8 Å². The van der Waals surface area contributed by atoms with Gasteiger partial charge >= 0.3 is 0 Å².